The number of nitrogens with two attached hydrogens (primary N) is 1. The van der Waals surface area contributed by atoms with E-state index in [1.54, 1.807) is 24.5 Å². The second kappa shape index (κ2) is 7.23. The van der Waals surface area contributed by atoms with Gasteiger partial charge in [0.15, 0.2) is 0 Å². The van der Waals surface area contributed by atoms with Gasteiger partial charge in [-0.3, -0.25) is 14.9 Å². The monoisotopic (exact) mass is 285 g/mol. The molecule has 1 aromatic carbocycles. The van der Waals surface area contributed by atoms with E-state index in [1.165, 1.54) is 0 Å². The molecule has 0 aliphatic heterocycles. The van der Waals surface area contributed by atoms with Gasteiger partial charge < -0.3 is 10.7 Å². The van der Waals surface area contributed by atoms with Crippen LogP contribution in [-0.4, -0.2) is 21.8 Å². The van der Waals surface area contributed by atoms with E-state index in [2.05, 4.69) is 15.3 Å². The molecule has 4 N–H and O–H groups in total. The normalized spacial score (nSPS) is 10.3. The van der Waals surface area contributed by atoms with E-state index in [0.29, 0.717) is 30.8 Å². The minimum atomic E-state index is -0.429. The molecule has 1 heterocycles. The number of hydrogen-bond acceptors (Lipinski definition) is 3. The van der Waals surface area contributed by atoms with Crippen molar-refractivity contribution in [3.8, 4) is 0 Å². The lowest BCUT2D eigenvalue weighted by Crippen LogP contribution is -2.14. The molecule has 1 radical (unpaired) electrons. The molecular formula is C15H17N4O2. The number of hydrogen-bond donors (Lipinski definition) is 3. The Hall–Kier alpha value is -2.63. The topological polar surface area (TPSA) is 101 Å². The number of carbonyl (C=O) groups excluding carboxylic acids is 2. The van der Waals surface area contributed by atoms with Crippen LogP contribution >= 0.6 is 0 Å². The van der Waals surface area contributed by atoms with Crippen LogP contribution in [0.2, 0.25) is 0 Å². The van der Waals surface area contributed by atoms with E-state index in [9.17, 15) is 9.59 Å². The fourth-order valence-electron chi connectivity index (χ4n) is 1.99. The number of imidazole rings is 1. The number of unbranched alkanes of at least 4 members (excludes halogenated alkanes) is 1. The summed E-state index contributed by atoms with van der Waals surface area (Å²) in [5.74, 6) is -0.123. The molecule has 0 bridgehead atoms. The molecule has 2 rings (SSSR count). The summed E-state index contributed by atoms with van der Waals surface area (Å²) in [5.41, 5.74) is 6.75. The second-order valence-electron chi connectivity index (χ2n) is 4.54. The lowest BCUT2D eigenvalue weighted by molar-refractivity contribution is -0.115. The minimum Gasteiger partial charge on any atom is -0.366 e. The average Bonchev–Trinajstić information content (AvgIpc) is 2.96. The zero-order valence-corrected chi connectivity index (χ0v) is 11.5. The quantitative estimate of drug-likeness (QED) is 0.674. The number of anilines is 1. The van der Waals surface area contributed by atoms with Crippen LogP contribution in [0.5, 0.6) is 0 Å². The summed E-state index contributed by atoms with van der Waals surface area (Å²) in [4.78, 5) is 29.6. The van der Waals surface area contributed by atoms with Crippen LogP contribution in [0.3, 0.4) is 0 Å². The van der Waals surface area contributed by atoms with Crippen LogP contribution in [0.4, 0.5) is 5.95 Å². The predicted octanol–water partition coefficient (Wildman–Crippen LogP) is 1.67. The first-order chi connectivity index (χ1) is 10.2. The standard InChI is InChI=1S/C15H17N4O2/c16-14(21)12-7-3-1-5-11(12)6-2-4-8-13(20)19-15-17-9-10-18-15/h1,3-5,7,9-10H,2,6,8H2,(H2,16,21)(H2,17,18,19,20). The highest BCUT2D eigenvalue weighted by molar-refractivity contribution is 5.94. The van der Waals surface area contributed by atoms with Gasteiger partial charge in [-0.15, -0.1) is 0 Å². The van der Waals surface area contributed by atoms with E-state index in [1.807, 2.05) is 18.6 Å². The molecule has 6 heteroatoms. The molecule has 0 saturated heterocycles. The fraction of sp³-hybridized carbons (Fsp3) is 0.200. The number of H-pyrrole nitrogens is 1. The third-order valence-electron chi connectivity index (χ3n) is 2.99. The van der Waals surface area contributed by atoms with Gasteiger partial charge in [0.05, 0.1) is 0 Å². The largest absolute Gasteiger partial charge is 0.366 e. The Morgan fingerprint density at radius 1 is 1.33 bits per heavy atom. The van der Waals surface area contributed by atoms with Crippen molar-refractivity contribution < 1.29 is 9.59 Å². The summed E-state index contributed by atoms with van der Waals surface area (Å²) in [6.07, 6.45) is 6.73. The van der Waals surface area contributed by atoms with Crippen molar-refractivity contribution >= 4 is 17.8 Å². The van der Waals surface area contributed by atoms with Crippen molar-refractivity contribution in [2.45, 2.75) is 19.3 Å². The van der Waals surface area contributed by atoms with Crippen LogP contribution in [0.1, 0.15) is 28.8 Å². The first-order valence-electron chi connectivity index (χ1n) is 6.65. The Morgan fingerprint density at radius 3 is 2.86 bits per heavy atom. The molecule has 2 aromatic rings. The van der Waals surface area contributed by atoms with Crippen LogP contribution in [-0.2, 0) is 11.2 Å². The zero-order valence-electron chi connectivity index (χ0n) is 11.5. The number of amides is 2. The van der Waals surface area contributed by atoms with E-state index in [0.717, 1.165) is 5.56 Å². The number of aromatic amines is 1. The summed E-state index contributed by atoms with van der Waals surface area (Å²) < 4.78 is 0. The number of nitrogens with one attached hydrogen (secondary N) is 2. The minimum absolute atomic E-state index is 0.131. The smallest absolute Gasteiger partial charge is 0.248 e. The van der Waals surface area contributed by atoms with E-state index in [4.69, 9.17) is 5.73 Å². The Kier molecular flexibility index (Phi) is 5.09. The second-order valence-corrected chi connectivity index (χ2v) is 4.54. The molecule has 6 nitrogen and oxygen atoms in total. The molecule has 109 valence electrons. The Labute approximate surface area is 122 Å². The average molecular weight is 285 g/mol. The number of benzene rings is 1. The van der Waals surface area contributed by atoms with Crippen molar-refractivity contribution in [3.05, 3.63) is 54.2 Å². The molecule has 0 fully saturated rings. The SMILES string of the molecule is NC(=O)c1ccccc1CC[CH]CC(=O)Nc1ncc[nH]1. The molecular weight excluding hydrogens is 268 g/mol. The Bertz CT molecular complexity index is 608. The van der Waals surface area contributed by atoms with E-state index in [-0.39, 0.29) is 5.91 Å². The molecule has 1 aromatic heterocycles. The van der Waals surface area contributed by atoms with Gasteiger partial charge in [-0.2, -0.15) is 0 Å². The van der Waals surface area contributed by atoms with Gasteiger partial charge >= 0.3 is 0 Å². The number of nitrogens with zero attached hydrogens (tertiary/aromatic N) is 1. The number of primary amides is 1. The highest BCUT2D eigenvalue weighted by Crippen LogP contribution is 2.12. The number of rotatable bonds is 7. The number of aryl methyl sites for hydroxylation is 1. The number of carbonyl (C=O) groups is 2. The van der Waals surface area contributed by atoms with Gasteiger partial charge in [0.25, 0.3) is 0 Å². The summed E-state index contributed by atoms with van der Waals surface area (Å²) in [6, 6.07) is 7.23. The summed E-state index contributed by atoms with van der Waals surface area (Å²) in [7, 11) is 0. The van der Waals surface area contributed by atoms with Gasteiger partial charge in [-0.05, 0) is 30.9 Å². The third kappa shape index (κ3) is 4.45. The van der Waals surface area contributed by atoms with E-state index >= 15 is 0 Å². The van der Waals surface area contributed by atoms with Crippen LogP contribution in [0.15, 0.2) is 36.7 Å². The van der Waals surface area contributed by atoms with E-state index < -0.39 is 5.91 Å². The maximum atomic E-state index is 11.6. The summed E-state index contributed by atoms with van der Waals surface area (Å²) in [6.45, 7) is 0. The molecule has 0 atom stereocenters. The fourth-order valence-corrected chi connectivity index (χ4v) is 1.99. The van der Waals surface area contributed by atoms with Crippen LogP contribution in [0.25, 0.3) is 0 Å². The molecule has 2 amide bonds. The molecule has 21 heavy (non-hydrogen) atoms. The maximum Gasteiger partial charge on any atom is 0.248 e. The van der Waals surface area contributed by atoms with Crippen LogP contribution in [0, 0.1) is 6.42 Å². The lowest BCUT2D eigenvalue weighted by Gasteiger charge is -2.06. The summed E-state index contributed by atoms with van der Waals surface area (Å²) >= 11 is 0. The highest BCUT2D eigenvalue weighted by atomic mass is 16.2. The molecule has 0 unspecified atom stereocenters. The molecule has 0 saturated carbocycles. The Balaban J connectivity index is 1.75. The molecule has 0 spiro atoms. The maximum absolute atomic E-state index is 11.6. The van der Waals surface area contributed by atoms with Crippen LogP contribution < -0.4 is 11.1 Å². The summed E-state index contributed by atoms with van der Waals surface area (Å²) in [5, 5.41) is 2.64. The van der Waals surface area contributed by atoms with Crippen molar-refractivity contribution in [2.75, 3.05) is 5.32 Å². The third-order valence-corrected chi connectivity index (χ3v) is 2.99. The predicted molar refractivity (Wildman–Crippen MR) is 79.4 cm³/mol. The van der Waals surface area contributed by atoms with Gasteiger partial charge in [0, 0.05) is 24.4 Å². The van der Waals surface area contributed by atoms with Crippen molar-refractivity contribution in [1.29, 1.82) is 0 Å². The van der Waals surface area contributed by atoms with Crippen molar-refractivity contribution in [1.82, 2.24) is 9.97 Å². The zero-order chi connectivity index (χ0) is 15.1. The van der Waals surface area contributed by atoms with Gasteiger partial charge in [-0.25, -0.2) is 4.98 Å². The van der Waals surface area contributed by atoms with Crippen molar-refractivity contribution in [3.63, 3.8) is 0 Å². The first-order valence-corrected chi connectivity index (χ1v) is 6.65. The Morgan fingerprint density at radius 2 is 2.14 bits per heavy atom. The number of aromatic nitrogens is 2. The van der Waals surface area contributed by atoms with Gasteiger partial charge in [-0.1, -0.05) is 18.2 Å². The molecule has 0 aliphatic carbocycles. The first kappa shape index (κ1) is 14.8. The van der Waals surface area contributed by atoms with Gasteiger partial charge in [0.2, 0.25) is 17.8 Å². The molecule has 0 aliphatic rings. The van der Waals surface area contributed by atoms with Crippen molar-refractivity contribution in [2.24, 2.45) is 5.73 Å². The lowest BCUT2D eigenvalue weighted by atomic mass is 10.0. The highest BCUT2D eigenvalue weighted by Gasteiger charge is 2.08. The van der Waals surface area contributed by atoms with Gasteiger partial charge in [0.1, 0.15) is 0 Å².